The number of nitro groups is 1. The summed E-state index contributed by atoms with van der Waals surface area (Å²) in [6, 6.07) is 11.6. The lowest BCUT2D eigenvalue weighted by atomic mass is 10.2. The predicted molar refractivity (Wildman–Crippen MR) is 112 cm³/mol. The second-order valence-electron chi connectivity index (χ2n) is 6.20. The zero-order chi connectivity index (χ0) is 20.5. The van der Waals surface area contributed by atoms with Gasteiger partial charge in [-0.1, -0.05) is 37.6 Å². The topological polar surface area (TPSA) is 87.8 Å². The molecule has 2 aromatic carbocycles. The lowest BCUT2D eigenvalue weighted by Gasteiger charge is -2.23. The third-order valence-electron chi connectivity index (χ3n) is 4.03. The number of hydrazone groups is 1. The summed E-state index contributed by atoms with van der Waals surface area (Å²) in [6.07, 6.45) is 3.70. The summed E-state index contributed by atoms with van der Waals surface area (Å²) in [7, 11) is 0. The van der Waals surface area contributed by atoms with Crippen molar-refractivity contribution in [2.24, 2.45) is 5.10 Å². The first-order valence-electron chi connectivity index (χ1n) is 9.08. The number of rotatable bonds is 9. The van der Waals surface area contributed by atoms with Crippen molar-refractivity contribution in [1.29, 1.82) is 0 Å². The molecule has 0 radical (unpaired) electrons. The van der Waals surface area contributed by atoms with Crippen molar-refractivity contribution in [3.63, 3.8) is 0 Å². The second kappa shape index (κ2) is 10.4. The number of carbonyl (C=O) groups excluding carboxylic acids is 1. The summed E-state index contributed by atoms with van der Waals surface area (Å²) < 4.78 is 0. The first-order chi connectivity index (χ1) is 13.5. The third kappa shape index (κ3) is 5.79. The fourth-order valence-electron chi connectivity index (χ4n) is 2.71. The molecule has 0 spiro atoms. The number of nitrogens with zero attached hydrogens (tertiary/aromatic N) is 3. The van der Waals surface area contributed by atoms with E-state index in [9.17, 15) is 14.9 Å². The van der Waals surface area contributed by atoms with Crippen molar-refractivity contribution in [1.82, 2.24) is 5.43 Å². The Morgan fingerprint density at radius 1 is 1.18 bits per heavy atom. The van der Waals surface area contributed by atoms with Crippen LogP contribution in [0.1, 0.15) is 42.6 Å². The number of halogens is 1. The van der Waals surface area contributed by atoms with Crippen molar-refractivity contribution in [3.8, 4) is 0 Å². The zero-order valence-corrected chi connectivity index (χ0v) is 16.6. The molecule has 148 valence electrons. The van der Waals surface area contributed by atoms with Gasteiger partial charge in [0.2, 0.25) is 0 Å². The summed E-state index contributed by atoms with van der Waals surface area (Å²) >= 11 is 5.94. The van der Waals surface area contributed by atoms with Crippen LogP contribution in [0, 0.1) is 10.1 Å². The summed E-state index contributed by atoms with van der Waals surface area (Å²) in [5.41, 5.74) is 4.32. The number of hydrogen-bond donors (Lipinski definition) is 1. The van der Waals surface area contributed by atoms with Gasteiger partial charge in [-0.3, -0.25) is 14.9 Å². The van der Waals surface area contributed by atoms with Crippen LogP contribution in [0.2, 0.25) is 5.02 Å². The Hall–Kier alpha value is -2.93. The fourth-order valence-corrected chi connectivity index (χ4v) is 2.97. The number of hydrogen-bond acceptors (Lipinski definition) is 5. The SMILES string of the molecule is CCCN(CCC)c1ccc(/C=N/NC(=O)c2ccc([N+](=O)[O-])cc2Cl)cc1. The minimum absolute atomic E-state index is 0.00167. The smallest absolute Gasteiger partial charge is 0.272 e. The maximum Gasteiger partial charge on any atom is 0.272 e. The molecule has 8 heteroatoms. The van der Waals surface area contributed by atoms with Crippen molar-refractivity contribution < 1.29 is 9.72 Å². The van der Waals surface area contributed by atoms with Crippen LogP contribution in [-0.4, -0.2) is 30.1 Å². The molecule has 0 heterocycles. The quantitative estimate of drug-likeness (QED) is 0.376. The van der Waals surface area contributed by atoms with E-state index >= 15 is 0 Å². The third-order valence-corrected chi connectivity index (χ3v) is 4.35. The number of amides is 1. The molecule has 0 aliphatic rings. The molecule has 0 atom stereocenters. The molecule has 0 aromatic heterocycles. The fraction of sp³-hybridized carbons (Fsp3) is 0.300. The monoisotopic (exact) mass is 402 g/mol. The van der Waals surface area contributed by atoms with Crippen LogP contribution in [0.5, 0.6) is 0 Å². The van der Waals surface area contributed by atoms with Gasteiger partial charge in [0.15, 0.2) is 0 Å². The van der Waals surface area contributed by atoms with Gasteiger partial charge in [0.25, 0.3) is 11.6 Å². The van der Waals surface area contributed by atoms with Crippen molar-refractivity contribution in [3.05, 3.63) is 68.7 Å². The van der Waals surface area contributed by atoms with Gasteiger partial charge in [0, 0.05) is 30.9 Å². The van der Waals surface area contributed by atoms with Gasteiger partial charge in [-0.05, 0) is 36.6 Å². The van der Waals surface area contributed by atoms with Crippen molar-refractivity contribution in [2.75, 3.05) is 18.0 Å². The van der Waals surface area contributed by atoms with E-state index in [1.54, 1.807) is 0 Å². The van der Waals surface area contributed by atoms with E-state index in [2.05, 4.69) is 29.3 Å². The number of non-ortho nitro benzene ring substituents is 1. The molecule has 0 saturated carbocycles. The lowest BCUT2D eigenvalue weighted by molar-refractivity contribution is -0.384. The summed E-state index contributed by atoms with van der Waals surface area (Å²) in [6.45, 7) is 6.33. The van der Waals surface area contributed by atoms with Crippen LogP contribution >= 0.6 is 11.6 Å². The Bertz CT molecular complexity index is 847. The van der Waals surface area contributed by atoms with Crippen LogP contribution < -0.4 is 10.3 Å². The summed E-state index contributed by atoms with van der Waals surface area (Å²) in [5.74, 6) is -0.537. The van der Waals surface area contributed by atoms with E-state index < -0.39 is 10.8 Å². The number of nitrogens with one attached hydrogen (secondary N) is 1. The second-order valence-corrected chi connectivity index (χ2v) is 6.61. The minimum atomic E-state index is -0.572. The molecule has 0 bridgehead atoms. The van der Waals surface area contributed by atoms with E-state index in [1.165, 1.54) is 18.3 Å². The average Bonchev–Trinajstić information content (AvgIpc) is 2.68. The maximum atomic E-state index is 12.1. The van der Waals surface area contributed by atoms with E-state index in [4.69, 9.17) is 11.6 Å². The Balaban J connectivity index is 2.00. The van der Waals surface area contributed by atoms with Crippen LogP contribution in [0.25, 0.3) is 0 Å². The number of nitro benzene ring substituents is 1. The van der Waals surface area contributed by atoms with E-state index in [1.807, 2.05) is 24.3 Å². The number of carbonyl (C=O) groups is 1. The van der Waals surface area contributed by atoms with E-state index in [-0.39, 0.29) is 16.3 Å². The van der Waals surface area contributed by atoms with Crippen molar-refractivity contribution in [2.45, 2.75) is 26.7 Å². The number of benzene rings is 2. The van der Waals surface area contributed by atoms with Gasteiger partial charge in [0.05, 0.1) is 21.7 Å². The van der Waals surface area contributed by atoms with Crippen LogP contribution in [-0.2, 0) is 0 Å². The van der Waals surface area contributed by atoms with Crippen LogP contribution in [0.15, 0.2) is 47.6 Å². The van der Waals surface area contributed by atoms with E-state index in [0.29, 0.717) is 0 Å². The molecule has 1 amide bonds. The van der Waals surface area contributed by atoms with Gasteiger partial charge in [0.1, 0.15) is 0 Å². The van der Waals surface area contributed by atoms with Gasteiger partial charge < -0.3 is 4.90 Å². The highest BCUT2D eigenvalue weighted by Gasteiger charge is 2.14. The highest BCUT2D eigenvalue weighted by Crippen LogP contribution is 2.22. The summed E-state index contributed by atoms with van der Waals surface area (Å²) in [4.78, 5) is 24.6. The molecule has 2 aromatic rings. The number of anilines is 1. The molecule has 7 nitrogen and oxygen atoms in total. The van der Waals surface area contributed by atoms with Gasteiger partial charge >= 0.3 is 0 Å². The standard InChI is InChI=1S/C20H23ClN4O3/c1-3-11-24(12-4-2)16-7-5-15(6-8-16)14-22-23-20(26)18-10-9-17(25(27)28)13-19(18)21/h5-10,13-14H,3-4,11-12H2,1-2H3,(H,23,26)/b22-14+. The highest BCUT2D eigenvalue weighted by atomic mass is 35.5. The minimum Gasteiger partial charge on any atom is -0.372 e. The van der Waals surface area contributed by atoms with E-state index in [0.717, 1.165) is 43.2 Å². The molecule has 1 N–H and O–H groups in total. The molecule has 28 heavy (non-hydrogen) atoms. The highest BCUT2D eigenvalue weighted by molar-refractivity contribution is 6.34. The van der Waals surface area contributed by atoms with Gasteiger partial charge in [-0.25, -0.2) is 5.43 Å². The van der Waals surface area contributed by atoms with Crippen LogP contribution in [0.3, 0.4) is 0 Å². The lowest BCUT2D eigenvalue weighted by Crippen LogP contribution is -2.24. The van der Waals surface area contributed by atoms with Gasteiger partial charge in [-0.2, -0.15) is 5.10 Å². The molecule has 0 aliphatic carbocycles. The zero-order valence-electron chi connectivity index (χ0n) is 15.9. The Kier molecular flexibility index (Phi) is 7.95. The predicted octanol–water partition coefficient (Wildman–Crippen LogP) is 4.64. The average molecular weight is 403 g/mol. The van der Waals surface area contributed by atoms with Gasteiger partial charge in [-0.15, -0.1) is 0 Å². The molecular formula is C20H23ClN4O3. The van der Waals surface area contributed by atoms with Crippen LogP contribution in [0.4, 0.5) is 11.4 Å². The normalized spacial score (nSPS) is 10.8. The molecule has 0 unspecified atom stereocenters. The Morgan fingerprint density at radius 3 is 2.36 bits per heavy atom. The molecular weight excluding hydrogens is 380 g/mol. The molecule has 0 aliphatic heterocycles. The Labute approximate surface area is 169 Å². The summed E-state index contributed by atoms with van der Waals surface area (Å²) in [5, 5.41) is 14.7. The first-order valence-corrected chi connectivity index (χ1v) is 9.46. The molecule has 0 fully saturated rings. The maximum absolute atomic E-state index is 12.1. The Morgan fingerprint density at radius 2 is 1.82 bits per heavy atom. The molecule has 0 saturated heterocycles. The largest absolute Gasteiger partial charge is 0.372 e. The molecule has 2 rings (SSSR count). The first kappa shape index (κ1) is 21.4. The van der Waals surface area contributed by atoms with Crippen molar-refractivity contribution >= 4 is 35.1 Å².